The highest BCUT2D eigenvalue weighted by Gasteiger charge is 2.61. The number of pyridine rings is 1. The fourth-order valence-electron chi connectivity index (χ4n) is 3.35. The van der Waals surface area contributed by atoms with Crippen LogP contribution in [-0.4, -0.2) is 10.9 Å². The van der Waals surface area contributed by atoms with Crippen LogP contribution in [0.2, 0.25) is 0 Å². The molecule has 0 unspecified atom stereocenters. The summed E-state index contributed by atoms with van der Waals surface area (Å²) in [5.41, 5.74) is 1.12. The molecule has 3 fully saturated rings. The molecule has 102 valence electrons. The van der Waals surface area contributed by atoms with Crippen molar-refractivity contribution in [2.24, 2.45) is 11.3 Å². The van der Waals surface area contributed by atoms with E-state index in [2.05, 4.69) is 45.3 Å². The van der Waals surface area contributed by atoms with Gasteiger partial charge in [0.25, 0.3) is 0 Å². The Labute approximate surface area is 125 Å². The molecule has 1 aromatic heterocycles. The molecule has 4 heteroatoms. The van der Waals surface area contributed by atoms with Crippen LogP contribution < -0.4 is 5.32 Å². The highest BCUT2D eigenvalue weighted by atomic mass is 79.9. The van der Waals surface area contributed by atoms with E-state index < -0.39 is 0 Å². The number of fused-ring (bicyclic) bond motifs is 1. The van der Waals surface area contributed by atoms with Crippen molar-refractivity contribution < 1.29 is 4.79 Å². The summed E-state index contributed by atoms with van der Waals surface area (Å²) in [4.78, 5) is 16.6. The molecule has 5 rings (SSSR count). The summed E-state index contributed by atoms with van der Waals surface area (Å²) >= 11 is 3.54. The minimum atomic E-state index is -0.0604. The first kappa shape index (κ1) is 12.3. The van der Waals surface area contributed by atoms with E-state index in [-0.39, 0.29) is 11.3 Å². The van der Waals surface area contributed by atoms with Gasteiger partial charge in [-0.25, -0.2) is 4.98 Å². The maximum atomic E-state index is 12.3. The van der Waals surface area contributed by atoms with Gasteiger partial charge < -0.3 is 5.32 Å². The van der Waals surface area contributed by atoms with Crippen molar-refractivity contribution in [2.45, 2.75) is 26.2 Å². The minimum Gasteiger partial charge on any atom is -0.310 e. The fraction of sp³-hybridized carbons (Fsp3) is 0.375. The zero-order chi connectivity index (χ0) is 13.9. The van der Waals surface area contributed by atoms with Gasteiger partial charge in [-0.2, -0.15) is 0 Å². The molecule has 0 saturated heterocycles. The predicted octanol–water partition coefficient (Wildman–Crippen LogP) is 4.04. The van der Waals surface area contributed by atoms with Crippen LogP contribution in [0.25, 0.3) is 10.8 Å². The normalized spacial score (nSPS) is 26.8. The number of carbonyl (C=O) groups excluding carboxylic acids is 1. The van der Waals surface area contributed by atoms with Gasteiger partial charge in [0.15, 0.2) is 0 Å². The van der Waals surface area contributed by atoms with E-state index in [9.17, 15) is 4.79 Å². The molecule has 3 nitrogen and oxygen atoms in total. The summed E-state index contributed by atoms with van der Waals surface area (Å²) in [5.74, 6) is 1.62. The Hall–Kier alpha value is -1.42. The summed E-state index contributed by atoms with van der Waals surface area (Å²) in [6.07, 6.45) is 5.03. The van der Waals surface area contributed by atoms with Crippen LogP contribution in [0.5, 0.6) is 0 Å². The molecule has 0 spiro atoms. The average Bonchev–Trinajstić information content (AvgIpc) is 2.27. The molecule has 0 aliphatic heterocycles. The fourth-order valence-corrected chi connectivity index (χ4v) is 3.71. The summed E-state index contributed by atoms with van der Waals surface area (Å²) in [7, 11) is 0. The van der Waals surface area contributed by atoms with Gasteiger partial charge in [-0.3, -0.25) is 4.79 Å². The topological polar surface area (TPSA) is 42.0 Å². The first-order chi connectivity index (χ1) is 9.56. The van der Waals surface area contributed by atoms with Crippen LogP contribution in [0.3, 0.4) is 0 Å². The standard InChI is InChI=1S/C16H15BrN2O/c1-9-2-12-8-18-14(4-11(12)3-13(9)17)19-15(20)16-5-10(6-16)7-16/h2-4,8,10H,5-7H2,1H3,(H,18,19,20). The molecule has 2 bridgehead atoms. The summed E-state index contributed by atoms with van der Waals surface area (Å²) < 4.78 is 1.08. The van der Waals surface area contributed by atoms with E-state index in [1.807, 2.05) is 12.3 Å². The van der Waals surface area contributed by atoms with E-state index in [1.54, 1.807) is 0 Å². The van der Waals surface area contributed by atoms with Gasteiger partial charge in [0.1, 0.15) is 5.82 Å². The van der Waals surface area contributed by atoms with Crippen LogP contribution in [0, 0.1) is 18.3 Å². The first-order valence-electron chi connectivity index (χ1n) is 6.93. The molecule has 1 amide bonds. The smallest absolute Gasteiger partial charge is 0.231 e. The van der Waals surface area contributed by atoms with Crippen LogP contribution in [0.4, 0.5) is 5.82 Å². The quantitative estimate of drug-likeness (QED) is 0.902. The highest BCUT2D eigenvalue weighted by Crippen LogP contribution is 2.64. The molecule has 1 heterocycles. The lowest BCUT2D eigenvalue weighted by Crippen LogP contribution is -2.58. The molecular weight excluding hydrogens is 316 g/mol. The van der Waals surface area contributed by atoms with Crippen LogP contribution in [0.15, 0.2) is 28.9 Å². The molecule has 3 aliphatic carbocycles. The number of rotatable bonds is 2. The number of halogens is 1. The number of hydrogen-bond acceptors (Lipinski definition) is 2. The van der Waals surface area contributed by atoms with Gasteiger partial charge in [0.05, 0.1) is 5.41 Å². The Kier molecular flexibility index (Phi) is 2.49. The molecule has 3 aliphatic rings. The number of nitrogens with one attached hydrogen (secondary N) is 1. The molecule has 2 aromatic rings. The number of aromatic nitrogens is 1. The van der Waals surface area contributed by atoms with Crippen molar-refractivity contribution in [1.82, 2.24) is 4.98 Å². The average molecular weight is 331 g/mol. The number of amides is 1. The Bertz CT molecular complexity index is 724. The van der Waals surface area contributed by atoms with Crippen LogP contribution in [0.1, 0.15) is 24.8 Å². The number of benzene rings is 1. The van der Waals surface area contributed by atoms with Gasteiger partial charge in [0, 0.05) is 16.1 Å². The summed E-state index contributed by atoms with van der Waals surface area (Å²) in [6.45, 7) is 2.06. The third-order valence-corrected chi connectivity index (χ3v) is 5.62. The molecule has 0 radical (unpaired) electrons. The molecular formula is C16H15BrN2O. The second-order valence-corrected chi connectivity index (χ2v) is 7.09. The molecule has 3 saturated carbocycles. The van der Waals surface area contributed by atoms with E-state index in [1.165, 1.54) is 5.56 Å². The Morgan fingerprint density at radius 3 is 2.70 bits per heavy atom. The zero-order valence-corrected chi connectivity index (χ0v) is 12.8. The van der Waals surface area contributed by atoms with Gasteiger partial charge in [0.2, 0.25) is 5.91 Å². The lowest BCUT2D eigenvalue weighted by atomic mass is 9.44. The Balaban J connectivity index is 1.63. The third-order valence-electron chi connectivity index (χ3n) is 4.76. The number of nitrogens with zero attached hydrogens (tertiary/aromatic N) is 1. The lowest BCUT2D eigenvalue weighted by Gasteiger charge is -2.59. The maximum absolute atomic E-state index is 12.3. The molecule has 1 N–H and O–H groups in total. The predicted molar refractivity (Wildman–Crippen MR) is 82.6 cm³/mol. The van der Waals surface area contributed by atoms with Gasteiger partial charge in [-0.1, -0.05) is 15.9 Å². The number of hydrogen-bond donors (Lipinski definition) is 1. The van der Waals surface area contributed by atoms with Crippen molar-refractivity contribution in [3.05, 3.63) is 34.4 Å². The van der Waals surface area contributed by atoms with Gasteiger partial charge in [-0.05, 0) is 61.3 Å². The number of aryl methyl sites for hydroxylation is 1. The Morgan fingerprint density at radius 1 is 1.30 bits per heavy atom. The van der Waals surface area contributed by atoms with Gasteiger partial charge in [-0.15, -0.1) is 0 Å². The Morgan fingerprint density at radius 2 is 2.05 bits per heavy atom. The highest BCUT2D eigenvalue weighted by molar-refractivity contribution is 9.10. The molecule has 20 heavy (non-hydrogen) atoms. The number of anilines is 1. The van der Waals surface area contributed by atoms with Crippen molar-refractivity contribution >= 4 is 38.4 Å². The lowest BCUT2D eigenvalue weighted by molar-refractivity contribution is -0.158. The van der Waals surface area contributed by atoms with E-state index in [0.717, 1.165) is 40.4 Å². The third kappa shape index (κ3) is 1.71. The second kappa shape index (κ2) is 4.04. The summed E-state index contributed by atoms with van der Waals surface area (Å²) in [6, 6.07) is 6.12. The SMILES string of the molecule is Cc1cc2cnc(NC(=O)C34CC(C3)C4)cc2cc1Br. The van der Waals surface area contributed by atoms with Gasteiger partial charge >= 0.3 is 0 Å². The second-order valence-electron chi connectivity index (χ2n) is 6.23. The summed E-state index contributed by atoms with van der Waals surface area (Å²) in [5, 5.41) is 5.16. The van der Waals surface area contributed by atoms with Crippen molar-refractivity contribution in [3.63, 3.8) is 0 Å². The minimum absolute atomic E-state index is 0.0604. The van der Waals surface area contributed by atoms with Crippen molar-refractivity contribution in [2.75, 3.05) is 5.32 Å². The van der Waals surface area contributed by atoms with Crippen molar-refractivity contribution in [1.29, 1.82) is 0 Å². The monoisotopic (exact) mass is 330 g/mol. The van der Waals surface area contributed by atoms with E-state index >= 15 is 0 Å². The largest absolute Gasteiger partial charge is 0.310 e. The molecule has 1 aromatic carbocycles. The number of carbonyl (C=O) groups is 1. The van der Waals surface area contributed by atoms with E-state index in [0.29, 0.717) is 5.82 Å². The molecule has 0 atom stereocenters. The van der Waals surface area contributed by atoms with Crippen molar-refractivity contribution in [3.8, 4) is 0 Å². The van der Waals surface area contributed by atoms with E-state index in [4.69, 9.17) is 0 Å². The van der Waals surface area contributed by atoms with Crippen LogP contribution in [-0.2, 0) is 4.79 Å². The first-order valence-corrected chi connectivity index (χ1v) is 7.72. The zero-order valence-electron chi connectivity index (χ0n) is 11.2. The van der Waals surface area contributed by atoms with Crippen LogP contribution >= 0.6 is 15.9 Å². The maximum Gasteiger partial charge on any atom is 0.231 e.